The van der Waals surface area contributed by atoms with Crippen LogP contribution in [-0.2, 0) is 0 Å². The summed E-state index contributed by atoms with van der Waals surface area (Å²) in [5.41, 5.74) is 2.48. The number of hydrogen-bond acceptors (Lipinski definition) is 4. The molecule has 1 saturated heterocycles. The van der Waals surface area contributed by atoms with Crippen LogP contribution in [0.2, 0.25) is 0 Å². The van der Waals surface area contributed by atoms with Crippen molar-refractivity contribution in [3.05, 3.63) is 42.5 Å². The van der Waals surface area contributed by atoms with Crippen LogP contribution in [0.3, 0.4) is 0 Å². The molecule has 4 rings (SSSR count). The van der Waals surface area contributed by atoms with Gasteiger partial charge in [0, 0.05) is 28.8 Å². The Kier molecular flexibility index (Phi) is 3.69. The molecule has 1 heterocycles. The first-order valence-electron chi connectivity index (χ1n) is 7.43. The van der Waals surface area contributed by atoms with E-state index in [1.165, 1.54) is 16.5 Å². The highest BCUT2D eigenvalue weighted by molar-refractivity contribution is 8.76. The van der Waals surface area contributed by atoms with E-state index in [0.717, 1.165) is 18.5 Å². The van der Waals surface area contributed by atoms with E-state index in [1.54, 1.807) is 11.0 Å². The average Bonchev–Trinajstić information content (AvgIpc) is 2.97. The quantitative estimate of drug-likeness (QED) is 0.593. The Hall–Kier alpha value is -0.970. The fourth-order valence-electron chi connectivity index (χ4n) is 3.31. The second-order valence-corrected chi connectivity index (χ2v) is 8.20. The predicted octanol–water partition coefficient (Wildman–Crippen LogP) is 4.98. The topological polar surface area (TPSA) is 24.4 Å². The van der Waals surface area contributed by atoms with Crippen LogP contribution in [-0.4, -0.2) is 17.0 Å². The van der Waals surface area contributed by atoms with Crippen molar-refractivity contribution in [3.63, 3.8) is 0 Å². The molecule has 108 valence electrons. The molecule has 2 nitrogen and oxygen atoms in total. The number of nitrogens with one attached hydrogen (secondary N) is 1. The normalized spacial score (nSPS) is 30.7. The summed E-state index contributed by atoms with van der Waals surface area (Å²) in [6, 6.07) is 15.6. The van der Waals surface area contributed by atoms with Gasteiger partial charge in [-0.15, -0.1) is 0 Å². The molecule has 0 spiro atoms. The lowest BCUT2D eigenvalue weighted by Crippen LogP contribution is -2.41. The van der Waals surface area contributed by atoms with E-state index in [1.807, 2.05) is 10.8 Å². The van der Waals surface area contributed by atoms with Crippen molar-refractivity contribution >= 4 is 43.9 Å². The number of aliphatic imine (C=N–C) groups is 1. The van der Waals surface area contributed by atoms with E-state index < -0.39 is 0 Å². The Morgan fingerprint density at radius 2 is 1.95 bits per heavy atom. The molecule has 2 aromatic rings. The zero-order chi connectivity index (χ0) is 14.2. The molecule has 2 aromatic carbocycles. The number of nitrogens with zero attached hydrogens (tertiary/aromatic N) is 1. The van der Waals surface area contributed by atoms with Gasteiger partial charge in [0.2, 0.25) is 0 Å². The molecule has 0 bridgehead atoms. The third-order valence-electron chi connectivity index (χ3n) is 4.41. The SMILES string of the molecule is CC1CC(=Nc2cccc3ccccc23)CC2SSNC12. The maximum atomic E-state index is 5.02. The Morgan fingerprint density at radius 1 is 1.10 bits per heavy atom. The zero-order valence-electron chi connectivity index (χ0n) is 12.0. The van der Waals surface area contributed by atoms with Gasteiger partial charge in [0.25, 0.3) is 0 Å². The minimum Gasteiger partial charge on any atom is -0.257 e. The molecule has 0 radical (unpaired) electrons. The zero-order valence-corrected chi connectivity index (χ0v) is 13.6. The van der Waals surface area contributed by atoms with Gasteiger partial charge in [-0.3, -0.25) is 9.71 Å². The largest absolute Gasteiger partial charge is 0.257 e. The molecular formula is C17H18N2S2. The van der Waals surface area contributed by atoms with Gasteiger partial charge >= 0.3 is 0 Å². The Morgan fingerprint density at radius 3 is 2.90 bits per heavy atom. The van der Waals surface area contributed by atoms with E-state index in [2.05, 4.69) is 54.1 Å². The lowest BCUT2D eigenvalue weighted by molar-refractivity contribution is 0.416. The summed E-state index contributed by atoms with van der Waals surface area (Å²) in [6.07, 6.45) is 2.22. The van der Waals surface area contributed by atoms with Crippen molar-refractivity contribution in [2.45, 2.75) is 31.1 Å². The van der Waals surface area contributed by atoms with Gasteiger partial charge in [0.15, 0.2) is 0 Å². The number of hydrogen-bond donors (Lipinski definition) is 1. The molecule has 1 aliphatic carbocycles. The standard InChI is InChI=1S/C17H18N2S2/c1-11-9-13(10-16-17(11)19-21-20-16)18-15-8-4-6-12-5-2-3-7-14(12)15/h2-8,11,16-17,19H,9-10H2,1H3. The molecule has 2 aliphatic rings. The van der Waals surface area contributed by atoms with E-state index in [-0.39, 0.29) is 0 Å². The average molecular weight is 314 g/mol. The van der Waals surface area contributed by atoms with E-state index in [0.29, 0.717) is 17.2 Å². The summed E-state index contributed by atoms with van der Waals surface area (Å²) in [6.45, 7) is 2.34. The van der Waals surface area contributed by atoms with Gasteiger partial charge in [-0.25, -0.2) is 0 Å². The highest BCUT2D eigenvalue weighted by Gasteiger charge is 2.38. The lowest BCUT2D eigenvalue weighted by Gasteiger charge is -2.30. The first-order valence-corrected chi connectivity index (χ1v) is 9.64. The fourth-order valence-corrected chi connectivity index (χ4v) is 6.23. The van der Waals surface area contributed by atoms with Crippen LogP contribution < -0.4 is 4.72 Å². The molecule has 1 aliphatic heterocycles. The molecule has 3 unspecified atom stereocenters. The van der Waals surface area contributed by atoms with Gasteiger partial charge < -0.3 is 0 Å². The van der Waals surface area contributed by atoms with Crippen molar-refractivity contribution in [2.24, 2.45) is 10.9 Å². The predicted molar refractivity (Wildman–Crippen MR) is 95.3 cm³/mol. The van der Waals surface area contributed by atoms with Gasteiger partial charge in [0.05, 0.1) is 5.69 Å². The third kappa shape index (κ3) is 2.60. The Labute approximate surface area is 133 Å². The van der Waals surface area contributed by atoms with Crippen LogP contribution in [0.25, 0.3) is 10.8 Å². The van der Waals surface area contributed by atoms with E-state index >= 15 is 0 Å². The van der Waals surface area contributed by atoms with Crippen LogP contribution >= 0.6 is 21.8 Å². The summed E-state index contributed by atoms with van der Waals surface area (Å²) in [4.78, 5) is 5.02. The molecule has 0 amide bonds. The number of fused-ring (bicyclic) bond motifs is 2. The fraction of sp³-hybridized carbons (Fsp3) is 0.353. The first-order chi connectivity index (χ1) is 10.3. The summed E-state index contributed by atoms with van der Waals surface area (Å²) in [7, 11) is 3.78. The van der Waals surface area contributed by atoms with Crippen molar-refractivity contribution < 1.29 is 0 Å². The lowest BCUT2D eigenvalue weighted by atomic mass is 9.84. The van der Waals surface area contributed by atoms with Crippen molar-refractivity contribution in [3.8, 4) is 0 Å². The summed E-state index contributed by atoms with van der Waals surface area (Å²) in [5.74, 6) is 0.667. The van der Waals surface area contributed by atoms with Gasteiger partial charge in [-0.2, -0.15) is 0 Å². The van der Waals surface area contributed by atoms with E-state index in [4.69, 9.17) is 4.99 Å². The highest BCUT2D eigenvalue weighted by Crippen LogP contribution is 2.43. The van der Waals surface area contributed by atoms with Crippen LogP contribution in [0.1, 0.15) is 19.8 Å². The molecular weight excluding hydrogens is 296 g/mol. The van der Waals surface area contributed by atoms with Gasteiger partial charge in [-0.1, -0.05) is 54.1 Å². The maximum Gasteiger partial charge on any atom is 0.0707 e. The number of benzene rings is 2. The molecule has 0 aromatic heterocycles. The Balaban J connectivity index is 1.70. The van der Waals surface area contributed by atoms with Crippen LogP contribution in [0.5, 0.6) is 0 Å². The summed E-state index contributed by atoms with van der Waals surface area (Å²) in [5, 5.41) is 3.20. The van der Waals surface area contributed by atoms with Gasteiger partial charge in [-0.05, 0) is 34.8 Å². The number of rotatable bonds is 1. The van der Waals surface area contributed by atoms with Gasteiger partial charge in [0.1, 0.15) is 0 Å². The molecule has 1 saturated carbocycles. The molecule has 21 heavy (non-hydrogen) atoms. The smallest absolute Gasteiger partial charge is 0.0707 e. The highest BCUT2D eigenvalue weighted by atomic mass is 33.1. The van der Waals surface area contributed by atoms with Crippen molar-refractivity contribution in [1.29, 1.82) is 0 Å². The molecule has 1 N–H and O–H groups in total. The second-order valence-electron chi connectivity index (χ2n) is 5.92. The summed E-state index contributed by atoms with van der Waals surface area (Å²) >= 11 is 0. The summed E-state index contributed by atoms with van der Waals surface area (Å²) < 4.78 is 3.55. The minimum absolute atomic E-state index is 0.645. The van der Waals surface area contributed by atoms with Crippen LogP contribution in [0, 0.1) is 5.92 Å². The monoisotopic (exact) mass is 314 g/mol. The van der Waals surface area contributed by atoms with E-state index in [9.17, 15) is 0 Å². The molecule has 4 heteroatoms. The molecule has 3 atom stereocenters. The van der Waals surface area contributed by atoms with Crippen molar-refractivity contribution in [1.82, 2.24) is 4.72 Å². The van der Waals surface area contributed by atoms with Crippen molar-refractivity contribution in [2.75, 3.05) is 0 Å². The molecule has 2 fully saturated rings. The first kappa shape index (κ1) is 13.7. The third-order valence-corrected chi connectivity index (χ3v) is 6.90. The van der Waals surface area contributed by atoms with Crippen LogP contribution in [0.4, 0.5) is 5.69 Å². The Bertz CT molecular complexity index is 693. The van der Waals surface area contributed by atoms with Crippen LogP contribution in [0.15, 0.2) is 47.5 Å². The minimum atomic E-state index is 0.645. The second kappa shape index (κ2) is 5.67. The maximum absolute atomic E-state index is 5.02.